The van der Waals surface area contributed by atoms with Gasteiger partial charge < -0.3 is 15.7 Å². The Labute approximate surface area is 131 Å². The fraction of sp³-hybridized carbons (Fsp3) is 0.500. The van der Waals surface area contributed by atoms with E-state index in [4.69, 9.17) is 5.73 Å². The van der Waals surface area contributed by atoms with Crippen molar-refractivity contribution in [3.8, 4) is 5.75 Å². The van der Waals surface area contributed by atoms with Gasteiger partial charge in [0.2, 0.25) is 0 Å². The molecule has 0 bridgehead atoms. The van der Waals surface area contributed by atoms with Gasteiger partial charge in [-0.15, -0.1) is 24.0 Å². The number of halogens is 1. The van der Waals surface area contributed by atoms with Gasteiger partial charge in [-0.25, -0.2) is 0 Å². The molecule has 0 aromatic heterocycles. The van der Waals surface area contributed by atoms with Crippen LogP contribution in [0.3, 0.4) is 0 Å². The van der Waals surface area contributed by atoms with Crippen LogP contribution in [0.25, 0.3) is 0 Å². The molecule has 19 heavy (non-hydrogen) atoms. The SMILES string of the molecule is I.NC(=NCCc1cccc(O)c1)N1CCCCC1. The van der Waals surface area contributed by atoms with Crippen LogP contribution in [0.1, 0.15) is 24.8 Å². The van der Waals surface area contributed by atoms with Gasteiger partial charge in [0.05, 0.1) is 0 Å². The summed E-state index contributed by atoms with van der Waals surface area (Å²) in [4.78, 5) is 6.57. The van der Waals surface area contributed by atoms with Crippen molar-refractivity contribution in [1.29, 1.82) is 0 Å². The molecule has 0 saturated carbocycles. The first-order valence-corrected chi connectivity index (χ1v) is 6.58. The largest absolute Gasteiger partial charge is 0.508 e. The molecule has 0 spiro atoms. The summed E-state index contributed by atoms with van der Waals surface area (Å²) in [5.74, 6) is 0.968. The highest BCUT2D eigenvalue weighted by molar-refractivity contribution is 14.0. The quantitative estimate of drug-likeness (QED) is 0.485. The second-order valence-corrected chi connectivity index (χ2v) is 4.71. The average molecular weight is 375 g/mol. The highest BCUT2D eigenvalue weighted by Gasteiger charge is 2.11. The second kappa shape index (κ2) is 8.24. The van der Waals surface area contributed by atoms with E-state index in [1.807, 2.05) is 12.1 Å². The molecule has 0 aliphatic carbocycles. The maximum Gasteiger partial charge on any atom is 0.191 e. The molecule has 2 rings (SSSR count). The summed E-state index contributed by atoms with van der Waals surface area (Å²) in [7, 11) is 0. The summed E-state index contributed by atoms with van der Waals surface area (Å²) in [5.41, 5.74) is 7.06. The maximum absolute atomic E-state index is 9.36. The van der Waals surface area contributed by atoms with Crippen molar-refractivity contribution in [3.05, 3.63) is 29.8 Å². The zero-order valence-electron chi connectivity index (χ0n) is 11.1. The molecular formula is C14H22IN3O. The Balaban J connectivity index is 0.00000180. The minimum Gasteiger partial charge on any atom is -0.508 e. The number of phenolic OH excluding ortho intramolecular Hbond substituents is 1. The van der Waals surface area contributed by atoms with Crippen molar-refractivity contribution in [2.45, 2.75) is 25.7 Å². The fourth-order valence-electron chi connectivity index (χ4n) is 2.23. The second-order valence-electron chi connectivity index (χ2n) is 4.71. The van der Waals surface area contributed by atoms with Crippen molar-refractivity contribution in [1.82, 2.24) is 4.90 Å². The average Bonchev–Trinajstić information content (AvgIpc) is 2.40. The number of piperidine rings is 1. The first-order chi connectivity index (χ1) is 8.75. The van der Waals surface area contributed by atoms with Gasteiger partial charge in [0.25, 0.3) is 0 Å². The summed E-state index contributed by atoms with van der Waals surface area (Å²) in [6.07, 6.45) is 4.53. The third-order valence-corrected chi connectivity index (χ3v) is 3.26. The Bertz CT molecular complexity index is 417. The molecule has 0 amide bonds. The van der Waals surface area contributed by atoms with Crippen LogP contribution in [-0.2, 0) is 6.42 Å². The molecule has 1 aliphatic heterocycles. The highest BCUT2D eigenvalue weighted by atomic mass is 127. The summed E-state index contributed by atoms with van der Waals surface area (Å²) >= 11 is 0. The zero-order chi connectivity index (χ0) is 12.8. The molecule has 106 valence electrons. The molecular weight excluding hydrogens is 353 g/mol. The number of hydrogen-bond acceptors (Lipinski definition) is 2. The molecule has 1 aromatic rings. The number of guanidine groups is 1. The smallest absolute Gasteiger partial charge is 0.191 e. The Kier molecular flexibility index (Phi) is 6.97. The molecule has 1 aliphatic rings. The van der Waals surface area contributed by atoms with Gasteiger partial charge in [0.15, 0.2) is 5.96 Å². The zero-order valence-corrected chi connectivity index (χ0v) is 13.4. The number of aliphatic imine (C=N–C) groups is 1. The van der Waals surface area contributed by atoms with E-state index in [9.17, 15) is 5.11 Å². The van der Waals surface area contributed by atoms with Crippen LogP contribution in [0.5, 0.6) is 5.75 Å². The topological polar surface area (TPSA) is 61.9 Å². The number of nitrogens with zero attached hydrogens (tertiary/aromatic N) is 2. The summed E-state index contributed by atoms with van der Waals surface area (Å²) < 4.78 is 0. The van der Waals surface area contributed by atoms with Crippen molar-refractivity contribution in [2.24, 2.45) is 10.7 Å². The van der Waals surface area contributed by atoms with Crippen molar-refractivity contribution in [2.75, 3.05) is 19.6 Å². The maximum atomic E-state index is 9.36. The minimum atomic E-state index is 0. The van der Waals surface area contributed by atoms with Gasteiger partial charge in [-0.3, -0.25) is 4.99 Å². The fourth-order valence-corrected chi connectivity index (χ4v) is 2.23. The number of nitrogens with two attached hydrogens (primary N) is 1. The molecule has 0 atom stereocenters. The van der Waals surface area contributed by atoms with Gasteiger partial charge >= 0.3 is 0 Å². The van der Waals surface area contributed by atoms with E-state index >= 15 is 0 Å². The molecule has 1 saturated heterocycles. The number of likely N-dealkylation sites (tertiary alicyclic amines) is 1. The predicted molar refractivity (Wildman–Crippen MR) is 89.1 cm³/mol. The molecule has 0 radical (unpaired) electrons. The van der Waals surface area contributed by atoms with E-state index in [-0.39, 0.29) is 24.0 Å². The lowest BCUT2D eigenvalue weighted by atomic mass is 10.1. The van der Waals surface area contributed by atoms with Crippen molar-refractivity contribution < 1.29 is 5.11 Å². The third kappa shape index (κ3) is 5.26. The lowest BCUT2D eigenvalue weighted by Gasteiger charge is -2.27. The molecule has 1 aromatic carbocycles. The number of phenols is 1. The van der Waals surface area contributed by atoms with Crippen molar-refractivity contribution >= 4 is 29.9 Å². The molecule has 0 unspecified atom stereocenters. The Hall–Kier alpha value is -0.980. The van der Waals surface area contributed by atoms with E-state index < -0.39 is 0 Å². The van der Waals surface area contributed by atoms with Crippen LogP contribution in [0.15, 0.2) is 29.3 Å². The minimum absolute atomic E-state index is 0. The monoisotopic (exact) mass is 375 g/mol. The summed E-state index contributed by atoms with van der Waals surface area (Å²) in [5, 5.41) is 9.36. The Morgan fingerprint density at radius 3 is 2.68 bits per heavy atom. The molecule has 5 heteroatoms. The van der Waals surface area contributed by atoms with E-state index in [2.05, 4.69) is 9.89 Å². The Morgan fingerprint density at radius 1 is 1.26 bits per heavy atom. The van der Waals surface area contributed by atoms with Crippen LogP contribution < -0.4 is 5.73 Å². The van der Waals surface area contributed by atoms with Gasteiger partial charge in [-0.2, -0.15) is 0 Å². The molecule has 1 heterocycles. The first-order valence-electron chi connectivity index (χ1n) is 6.58. The molecule has 3 N–H and O–H groups in total. The van der Waals surface area contributed by atoms with Gasteiger partial charge in [0.1, 0.15) is 5.75 Å². The van der Waals surface area contributed by atoms with E-state index in [1.54, 1.807) is 12.1 Å². The number of benzene rings is 1. The number of aromatic hydroxyl groups is 1. The van der Waals surface area contributed by atoms with E-state index in [0.717, 1.165) is 25.1 Å². The van der Waals surface area contributed by atoms with Crippen LogP contribution in [0, 0.1) is 0 Å². The third-order valence-electron chi connectivity index (χ3n) is 3.26. The van der Waals surface area contributed by atoms with Gasteiger partial charge in [-0.05, 0) is 43.4 Å². The lowest BCUT2D eigenvalue weighted by molar-refractivity contribution is 0.338. The van der Waals surface area contributed by atoms with Crippen LogP contribution >= 0.6 is 24.0 Å². The number of hydrogen-bond donors (Lipinski definition) is 2. The van der Waals surface area contributed by atoms with Gasteiger partial charge in [-0.1, -0.05) is 12.1 Å². The summed E-state index contributed by atoms with van der Waals surface area (Å²) in [6.45, 7) is 2.73. The predicted octanol–water partition coefficient (Wildman–Crippen LogP) is 2.35. The first kappa shape index (κ1) is 16.1. The van der Waals surface area contributed by atoms with Crippen LogP contribution in [0.2, 0.25) is 0 Å². The lowest BCUT2D eigenvalue weighted by Crippen LogP contribution is -2.41. The number of rotatable bonds is 3. The van der Waals surface area contributed by atoms with Gasteiger partial charge in [0, 0.05) is 19.6 Å². The molecule has 1 fully saturated rings. The van der Waals surface area contributed by atoms with E-state index in [0.29, 0.717) is 18.3 Å². The Morgan fingerprint density at radius 2 is 2.00 bits per heavy atom. The van der Waals surface area contributed by atoms with Crippen LogP contribution in [0.4, 0.5) is 0 Å². The summed E-state index contributed by atoms with van der Waals surface area (Å²) in [6, 6.07) is 7.29. The molecule has 4 nitrogen and oxygen atoms in total. The highest BCUT2D eigenvalue weighted by Crippen LogP contribution is 2.11. The van der Waals surface area contributed by atoms with E-state index in [1.165, 1.54) is 19.3 Å². The standard InChI is InChI=1S/C14H21N3O.HI/c15-14(17-9-2-1-3-10-17)16-8-7-12-5-4-6-13(18)11-12;/h4-6,11,18H,1-3,7-10H2,(H2,15,16);1H. The van der Waals surface area contributed by atoms with Crippen molar-refractivity contribution in [3.63, 3.8) is 0 Å². The van der Waals surface area contributed by atoms with Crippen LogP contribution in [-0.4, -0.2) is 35.6 Å². The normalized spacial score (nSPS) is 16.0.